The number of hydrogen-bond acceptors (Lipinski definition) is 3. The minimum atomic E-state index is -0.489. The van der Waals surface area contributed by atoms with E-state index in [0.717, 1.165) is 6.42 Å². The number of nitrogens with two attached hydrogens (primary N) is 1. The van der Waals surface area contributed by atoms with Crippen LogP contribution >= 0.6 is 0 Å². The number of aliphatic hydroxyl groups is 1. The first-order valence-corrected chi connectivity index (χ1v) is 5.44. The van der Waals surface area contributed by atoms with Crippen LogP contribution in [0.25, 0.3) is 0 Å². The van der Waals surface area contributed by atoms with Gasteiger partial charge in [0, 0.05) is 11.3 Å². The van der Waals surface area contributed by atoms with Gasteiger partial charge in [-0.15, -0.1) is 0 Å². The summed E-state index contributed by atoms with van der Waals surface area (Å²) in [5, 5.41) is 11.8. The highest BCUT2D eigenvalue weighted by atomic mass is 16.3. The Morgan fingerprint density at radius 2 is 2.19 bits per heavy atom. The van der Waals surface area contributed by atoms with Gasteiger partial charge in [-0.1, -0.05) is 31.5 Å². The summed E-state index contributed by atoms with van der Waals surface area (Å²) in [4.78, 5) is 11.7. The van der Waals surface area contributed by atoms with Crippen LogP contribution in [-0.4, -0.2) is 17.1 Å². The number of carbonyl (C=O) groups excluding carboxylic acids is 1. The van der Waals surface area contributed by atoms with E-state index in [-0.39, 0.29) is 12.5 Å². The summed E-state index contributed by atoms with van der Waals surface area (Å²) < 4.78 is 0. The first-order valence-electron chi connectivity index (χ1n) is 5.44. The van der Waals surface area contributed by atoms with E-state index in [0.29, 0.717) is 17.7 Å². The fraction of sp³-hybridized carbons (Fsp3) is 0.417. The average Bonchev–Trinajstić information content (AvgIpc) is 2.30. The smallest absolute Gasteiger partial charge is 0.241 e. The number of benzene rings is 1. The van der Waals surface area contributed by atoms with Gasteiger partial charge in [-0.25, -0.2) is 0 Å². The number of para-hydroxylation sites is 1. The third-order valence-corrected chi connectivity index (χ3v) is 2.38. The summed E-state index contributed by atoms with van der Waals surface area (Å²) in [6, 6.07) is 6.65. The van der Waals surface area contributed by atoms with E-state index < -0.39 is 6.04 Å². The molecule has 1 atom stereocenters. The second kappa shape index (κ2) is 6.25. The highest BCUT2D eigenvalue weighted by Gasteiger charge is 2.13. The average molecular weight is 222 g/mol. The van der Waals surface area contributed by atoms with Crippen LogP contribution in [0.5, 0.6) is 0 Å². The van der Waals surface area contributed by atoms with Crippen molar-refractivity contribution >= 4 is 11.6 Å². The SMILES string of the molecule is CCCC(N)C(=O)Nc1ccccc1CO. The molecule has 1 unspecified atom stereocenters. The molecule has 4 N–H and O–H groups in total. The van der Waals surface area contributed by atoms with Crippen molar-refractivity contribution in [1.29, 1.82) is 0 Å². The molecule has 88 valence electrons. The Labute approximate surface area is 95.5 Å². The second-order valence-corrected chi connectivity index (χ2v) is 3.70. The minimum Gasteiger partial charge on any atom is -0.392 e. The minimum absolute atomic E-state index is 0.0977. The molecule has 0 saturated carbocycles. The number of nitrogens with one attached hydrogen (secondary N) is 1. The fourth-order valence-corrected chi connectivity index (χ4v) is 1.45. The van der Waals surface area contributed by atoms with Gasteiger partial charge < -0.3 is 16.2 Å². The summed E-state index contributed by atoms with van der Waals surface area (Å²) in [5.41, 5.74) is 7.01. The molecule has 1 aromatic carbocycles. The lowest BCUT2D eigenvalue weighted by Crippen LogP contribution is -2.35. The second-order valence-electron chi connectivity index (χ2n) is 3.70. The van der Waals surface area contributed by atoms with Crippen LogP contribution in [0.15, 0.2) is 24.3 Å². The van der Waals surface area contributed by atoms with Gasteiger partial charge in [0.2, 0.25) is 5.91 Å². The van der Waals surface area contributed by atoms with E-state index >= 15 is 0 Å². The summed E-state index contributed by atoms with van der Waals surface area (Å²) in [5.74, 6) is -0.206. The lowest BCUT2D eigenvalue weighted by molar-refractivity contribution is -0.117. The molecule has 0 radical (unpaired) electrons. The van der Waals surface area contributed by atoms with E-state index in [1.54, 1.807) is 18.2 Å². The van der Waals surface area contributed by atoms with E-state index in [1.807, 2.05) is 13.0 Å². The Bertz CT molecular complexity index is 353. The first kappa shape index (κ1) is 12.7. The van der Waals surface area contributed by atoms with Crippen LogP contribution in [0.3, 0.4) is 0 Å². The molecule has 0 fully saturated rings. The lowest BCUT2D eigenvalue weighted by Gasteiger charge is -2.13. The monoisotopic (exact) mass is 222 g/mol. The van der Waals surface area contributed by atoms with E-state index in [4.69, 9.17) is 10.8 Å². The lowest BCUT2D eigenvalue weighted by atomic mass is 10.1. The normalized spacial score (nSPS) is 12.2. The van der Waals surface area contributed by atoms with Crippen molar-refractivity contribution in [2.24, 2.45) is 5.73 Å². The molecule has 0 aromatic heterocycles. The molecule has 4 heteroatoms. The quantitative estimate of drug-likeness (QED) is 0.701. The molecule has 16 heavy (non-hydrogen) atoms. The molecule has 0 spiro atoms. The maximum Gasteiger partial charge on any atom is 0.241 e. The maximum absolute atomic E-state index is 11.7. The molecular weight excluding hydrogens is 204 g/mol. The Balaban J connectivity index is 2.69. The number of amides is 1. The zero-order valence-corrected chi connectivity index (χ0v) is 9.44. The summed E-state index contributed by atoms with van der Waals surface area (Å²) in [6.45, 7) is 1.88. The van der Waals surface area contributed by atoms with Crippen molar-refractivity contribution in [3.05, 3.63) is 29.8 Å². The first-order chi connectivity index (χ1) is 7.69. The van der Waals surface area contributed by atoms with Crippen LogP contribution < -0.4 is 11.1 Å². The standard InChI is InChI=1S/C12H18N2O2/c1-2-5-10(13)12(16)14-11-7-4-3-6-9(11)8-15/h3-4,6-7,10,15H,2,5,8,13H2,1H3,(H,14,16). The summed E-state index contributed by atoms with van der Waals surface area (Å²) in [7, 11) is 0. The predicted octanol–water partition coefficient (Wildman–Crippen LogP) is 1.24. The third-order valence-electron chi connectivity index (χ3n) is 2.38. The summed E-state index contributed by atoms with van der Waals surface area (Å²) in [6.07, 6.45) is 1.53. The maximum atomic E-state index is 11.7. The number of anilines is 1. The Hall–Kier alpha value is -1.39. The van der Waals surface area contributed by atoms with Crippen LogP contribution in [0.4, 0.5) is 5.69 Å². The van der Waals surface area contributed by atoms with E-state index in [1.165, 1.54) is 0 Å². The van der Waals surface area contributed by atoms with Gasteiger partial charge >= 0.3 is 0 Å². The molecule has 1 rings (SSSR count). The topological polar surface area (TPSA) is 75.4 Å². The van der Waals surface area contributed by atoms with Crippen molar-refractivity contribution in [3.63, 3.8) is 0 Å². The molecule has 0 saturated heterocycles. The van der Waals surface area contributed by atoms with Crippen molar-refractivity contribution in [3.8, 4) is 0 Å². The molecule has 0 aliphatic heterocycles. The fourth-order valence-electron chi connectivity index (χ4n) is 1.45. The van der Waals surface area contributed by atoms with E-state index in [2.05, 4.69) is 5.32 Å². The molecule has 4 nitrogen and oxygen atoms in total. The predicted molar refractivity (Wildman–Crippen MR) is 63.9 cm³/mol. The highest BCUT2D eigenvalue weighted by Crippen LogP contribution is 2.15. The number of hydrogen-bond donors (Lipinski definition) is 3. The van der Waals surface area contributed by atoms with Crippen molar-refractivity contribution < 1.29 is 9.90 Å². The van der Waals surface area contributed by atoms with Crippen LogP contribution in [-0.2, 0) is 11.4 Å². The third kappa shape index (κ3) is 3.32. The van der Waals surface area contributed by atoms with Gasteiger partial charge in [0.1, 0.15) is 0 Å². The van der Waals surface area contributed by atoms with Crippen LogP contribution in [0.2, 0.25) is 0 Å². The molecule has 0 heterocycles. The summed E-state index contributed by atoms with van der Waals surface area (Å²) >= 11 is 0. The van der Waals surface area contributed by atoms with Crippen molar-refractivity contribution in [1.82, 2.24) is 0 Å². The van der Waals surface area contributed by atoms with Gasteiger partial charge in [0.05, 0.1) is 12.6 Å². The van der Waals surface area contributed by atoms with Crippen molar-refractivity contribution in [2.75, 3.05) is 5.32 Å². The zero-order chi connectivity index (χ0) is 12.0. The number of carbonyl (C=O) groups is 1. The largest absolute Gasteiger partial charge is 0.392 e. The van der Waals surface area contributed by atoms with Gasteiger partial charge in [0.25, 0.3) is 0 Å². The highest BCUT2D eigenvalue weighted by molar-refractivity contribution is 5.95. The van der Waals surface area contributed by atoms with Crippen molar-refractivity contribution in [2.45, 2.75) is 32.4 Å². The van der Waals surface area contributed by atoms with Crippen LogP contribution in [0, 0.1) is 0 Å². The number of aliphatic hydroxyl groups excluding tert-OH is 1. The van der Waals surface area contributed by atoms with Gasteiger partial charge in [0.15, 0.2) is 0 Å². The Morgan fingerprint density at radius 3 is 2.81 bits per heavy atom. The van der Waals surface area contributed by atoms with Gasteiger partial charge in [-0.2, -0.15) is 0 Å². The molecule has 0 aliphatic rings. The molecule has 0 aliphatic carbocycles. The van der Waals surface area contributed by atoms with Gasteiger partial charge in [-0.05, 0) is 12.5 Å². The van der Waals surface area contributed by atoms with Crippen LogP contribution in [0.1, 0.15) is 25.3 Å². The number of rotatable bonds is 5. The molecule has 0 bridgehead atoms. The molecule has 1 amide bonds. The van der Waals surface area contributed by atoms with Gasteiger partial charge in [-0.3, -0.25) is 4.79 Å². The van der Waals surface area contributed by atoms with E-state index in [9.17, 15) is 4.79 Å². The Morgan fingerprint density at radius 1 is 1.50 bits per heavy atom. The zero-order valence-electron chi connectivity index (χ0n) is 9.44. The Kier molecular flexibility index (Phi) is 4.95. The molecular formula is C12H18N2O2. The molecule has 1 aromatic rings.